The highest BCUT2D eigenvalue weighted by Gasteiger charge is 2.24. The fourth-order valence-corrected chi connectivity index (χ4v) is 1.89. The van der Waals surface area contributed by atoms with Crippen LogP contribution in [0.4, 0.5) is 0 Å². The van der Waals surface area contributed by atoms with Crippen LogP contribution in [0.3, 0.4) is 0 Å². The predicted molar refractivity (Wildman–Crippen MR) is 62.8 cm³/mol. The molecule has 2 N–H and O–H groups in total. The number of hydrogen-bond donors (Lipinski definition) is 1. The lowest BCUT2D eigenvalue weighted by molar-refractivity contribution is -0.136. The van der Waals surface area contributed by atoms with E-state index in [9.17, 15) is 4.79 Å². The maximum atomic E-state index is 11.6. The molecule has 0 radical (unpaired) electrons. The number of benzene rings is 1. The summed E-state index contributed by atoms with van der Waals surface area (Å²) in [5, 5.41) is 0. The summed E-state index contributed by atoms with van der Waals surface area (Å²) in [4.78, 5) is 11.6. The molecule has 0 aliphatic carbocycles. The molecule has 15 heavy (non-hydrogen) atoms. The second kappa shape index (κ2) is 4.59. The summed E-state index contributed by atoms with van der Waals surface area (Å²) in [5.41, 5.74) is 6.59. The molecule has 3 nitrogen and oxygen atoms in total. The van der Waals surface area contributed by atoms with Crippen LogP contribution in [0.2, 0.25) is 19.6 Å². The highest BCUT2D eigenvalue weighted by atomic mass is 28.4. The van der Waals surface area contributed by atoms with E-state index in [0.29, 0.717) is 0 Å². The minimum Gasteiger partial charge on any atom is -0.519 e. The molecule has 1 rings (SSSR count). The first-order chi connectivity index (χ1) is 6.90. The molecule has 0 saturated heterocycles. The molecule has 1 aromatic carbocycles. The van der Waals surface area contributed by atoms with Gasteiger partial charge in [0.25, 0.3) is 0 Å². The van der Waals surface area contributed by atoms with Gasteiger partial charge >= 0.3 is 5.97 Å². The van der Waals surface area contributed by atoms with Crippen LogP contribution < -0.4 is 5.73 Å². The largest absolute Gasteiger partial charge is 0.519 e. The van der Waals surface area contributed by atoms with Gasteiger partial charge in [-0.2, -0.15) is 0 Å². The van der Waals surface area contributed by atoms with Crippen molar-refractivity contribution >= 4 is 14.3 Å². The Morgan fingerprint density at radius 3 is 2.27 bits per heavy atom. The van der Waals surface area contributed by atoms with Crippen molar-refractivity contribution in [2.45, 2.75) is 25.7 Å². The molecule has 0 aliphatic rings. The van der Waals surface area contributed by atoms with E-state index < -0.39 is 14.4 Å². The number of rotatable bonds is 3. The monoisotopic (exact) mass is 223 g/mol. The molecule has 0 unspecified atom stereocenters. The molecule has 0 bridgehead atoms. The molecule has 0 saturated carbocycles. The number of nitrogens with two attached hydrogens (primary N) is 1. The standard InChI is InChI=1S/C11H17NO2Si/c1-15(2,3)14-11(13)10(12)9-7-5-4-6-8-9/h4-8,10H,12H2,1-3H3/t10-/m1/s1. The smallest absolute Gasteiger partial charge is 0.314 e. The van der Waals surface area contributed by atoms with Crippen molar-refractivity contribution in [2.24, 2.45) is 5.73 Å². The van der Waals surface area contributed by atoms with Gasteiger partial charge in [-0.1, -0.05) is 30.3 Å². The van der Waals surface area contributed by atoms with Gasteiger partial charge in [0.2, 0.25) is 8.32 Å². The first-order valence-corrected chi connectivity index (χ1v) is 8.34. The fourth-order valence-electron chi connectivity index (χ4n) is 1.16. The summed E-state index contributed by atoms with van der Waals surface area (Å²) in [6.07, 6.45) is 0. The molecule has 0 aromatic heterocycles. The Kier molecular flexibility index (Phi) is 3.65. The van der Waals surface area contributed by atoms with Crippen LogP contribution in [0.1, 0.15) is 11.6 Å². The van der Waals surface area contributed by atoms with Crippen LogP contribution in [0.25, 0.3) is 0 Å². The van der Waals surface area contributed by atoms with Gasteiger partial charge < -0.3 is 10.2 Å². The quantitative estimate of drug-likeness (QED) is 0.798. The third-order valence-corrected chi connectivity index (χ3v) is 2.63. The predicted octanol–water partition coefficient (Wildman–Crippen LogP) is 2.06. The van der Waals surface area contributed by atoms with Crippen molar-refractivity contribution in [2.75, 3.05) is 0 Å². The van der Waals surface area contributed by atoms with Crippen LogP contribution in [-0.4, -0.2) is 14.3 Å². The molecular weight excluding hydrogens is 206 g/mol. The van der Waals surface area contributed by atoms with Gasteiger partial charge in [0, 0.05) is 0 Å². The number of hydrogen-bond acceptors (Lipinski definition) is 3. The fraction of sp³-hybridized carbons (Fsp3) is 0.364. The Hall–Kier alpha value is -1.13. The summed E-state index contributed by atoms with van der Waals surface area (Å²) in [6, 6.07) is 8.60. The van der Waals surface area contributed by atoms with Crippen LogP contribution >= 0.6 is 0 Å². The molecule has 1 atom stereocenters. The maximum Gasteiger partial charge on any atom is 0.314 e. The van der Waals surface area contributed by atoms with Crippen molar-refractivity contribution in [3.05, 3.63) is 35.9 Å². The second-order valence-corrected chi connectivity index (χ2v) is 8.85. The lowest BCUT2D eigenvalue weighted by atomic mass is 10.1. The normalized spacial score (nSPS) is 13.3. The summed E-state index contributed by atoms with van der Waals surface area (Å²) in [5.74, 6) is -0.333. The summed E-state index contributed by atoms with van der Waals surface area (Å²) in [7, 11) is -1.85. The zero-order chi connectivity index (χ0) is 11.5. The number of carbonyl (C=O) groups is 1. The van der Waals surface area contributed by atoms with Crippen molar-refractivity contribution in [3.8, 4) is 0 Å². The second-order valence-electron chi connectivity index (χ2n) is 4.42. The molecule has 0 heterocycles. The Morgan fingerprint density at radius 1 is 1.27 bits per heavy atom. The first-order valence-electron chi connectivity index (χ1n) is 4.93. The highest BCUT2D eigenvalue weighted by molar-refractivity contribution is 6.71. The van der Waals surface area contributed by atoms with Gasteiger partial charge in [0.15, 0.2) is 0 Å². The van der Waals surface area contributed by atoms with Gasteiger partial charge in [-0.25, -0.2) is 0 Å². The minimum absolute atomic E-state index is 0.333. The number of carbonyl (C=O) groups excluding carboxylic acids is 1. The van der Waals surface area contributed by atoms with Crippen LogP contribution in [0.5, 0.6) is 0 Å². The average Bonchev–Trinajstić information content (AvgIpc) is 2.15. The lowest BCUT2D eigenvalue weighted by Gasteiger charge is -2.20. The van der Waals surface area contributed by atoms with Gasteiger partial charge in [-0.05, 0) is 25.2 Å². The van der Waals surface area contributed by atoms with Gasteiger partial charge in [-0.3, -0.25) is 4.79 Å². The zero-order valence-electron chi connectivity index (χ0n) is 9.36. The Bertz CT molecular complexity index is 332. The summed E-state index contributed by atoms with van der Waals surface area (Å²) >= 11 is 0. The Morgan fingerprint density at radius 2 is 1.80 bits per heavy atom. The summed E-state index contributed by atoms with van der Waals surface area (Å²) in [6.45, 7) is 5.88. The van der Waals surface area contributed by atoms with Crippen molar-refractivity contribution in [3.63, 3.8) is 0 Å². The lowest BCUT2D eigenvalue weighted by Crippen LogP contribution is -2.34. The van der Waals surface area contributed by atoms with Gasteiger partial charge in [0.05, 0.1) is 0 Å². The Labute approximate surface area is 91.4 Å². The van der Waals surface area contributed by atoms with Crippen molar-refractivity contribution in [1.29, 1.82) is 0 Å². The van der Waals surface area contributed by atoms with E-state index in [0.717, 1.165) is 5.56 Å². The average molecular weight is 223 g/mol. The molecule has 1 aromatic rings. The van der Waals surface area contributed by atoms with Gasteiger partial charge in [0.1, 0.15) is 6.04 Å². The summed E-state index contributed by atoms with van der Waals surface area (Å²) < 4.78 is 5.33. The maximum absolute atomic E-state index is 11.6. The van der Waals surface area contributed by atoms with E-state index in [2.05, 4.69) is 0 Å². The van der Waals surface area contributed by atoms with Crippen LogP contribution in [0.15, 0.2) is 30.3 Å². The third-order valence-electron chi connectivity index (χ3n) is 1.82. The Balaban J connectivity index is 2.70. The molecule has 0 amide bonds. The topological polar surface area (TPSA) is 52.3 Å². The van der Waals surface area contributed by atoms with E-state index in [1.807, 2.05) is 50.0 Å². The molecule has 4 heteroatoms. The molecule has 0 fully saturated rings. The van der Waals surface area contributed by atoms with Crippen molar-refractivity contribution < 1.29 is 9.22 Å². The van der Waals surface area contributed by atoms with Crippen molar-refractivity contribution in [1.82, 2.24) is 0 Å². The minimum atomic E-state index is -1.85. The molecular formula is C11H17NO2Si. The highest BCUT2D eigenvalue weighted by Crippen LogP contribution is 2.14. The van der Waals surface area contributed by atoms with Crippen LogP contribution in [0, 0.1) is 0 Å². The third kappa shape index (κ3) is 3.85. The SMILES string of the molecule is C[Si](C)(C)OC(=O)[C@H](N)c1ccccc1. The van der Waals surface area contributed by atoms with E-state index in [-0.39, 0.29) is 5.97 Å². The van der Waals surface area contributed by atoms with E-state index in [1.165, 1.54) is 0 Å². The van der Waals surface area contributed by atoms with Crippen LogP contribution in [-0.2, 0) is 9.22 Å². The van der Waals surface area contributed by atoms with Gasteiger partial charge in [-0.15, -0.1) is 0 Å². The zero-order valence-corrected chi connectivity index (χ0v) is 10.4. The molecule has 82 valence electrons. The van der Waals surface area contributed by atoms with E-state index in [1.54, 1.807) is 0 Å². The molecule has 0 spiro atoms. The van der Waals surface area contributed by atoms with E-state index in [4.69, 9.17) is 10.2 Å². The van der Waals surface area contributed by atoms with E-state index >= 15 is 0 Å². The first kappa shape index (κ1) is 11.9. The molecule has 0 aliphatic heterocycles.